The van der Waals surface area contributed by atoms with Crippen LogP contribution in [0.5, 0.6) is 0 Å². The molecule has 0 spiro atoms. The molecule has 1 aromatic heterocycles. The first-order chi connectivity index (χ1) is 9.29. The van der Waals surface area contributed by atoms with Gasteiger partial charge in [-0.3, -0.25) is 0 Å². The predicted molar refractivity (Wildman–Crippen MR) is 85.4 cm³/mol. The van der Waals surface area contributed by atoms with Crippen molar-refractivity contribution in [3.63, 3.8) is 0 Å². The minimum Gasteiger partial charge on any atom is -0.230 e. The highest BCUT2D eigenvalue weighted by atomic mass is 32.2. The van der Waals surface area contributed by atoms with Gasteiger partial charge in [-0.2, -0.15) is 0 Å². The van der Waals surface area contributed by atoms with Gasteiger partial charge in [0, 0.05) is 5.92 Å². The summed E-state index contributed by atoms with van der Waals surface area (Å²) in [5, 5.41) is 0. The summed E-state index contributed by atoms with van der Waals surface area (Å²) in [5.74, 6) is 0.166. The Hall–Kier alpha value is -1.58. The second-order valence-corrected chi connectivity index (χ2v) is 6.07. The van der Waals surface area contributed by atoms with E-state index in [0.717, 1.165) is 9.86 Å². The van der Waals surface area contributed by atoms with Gasteiger partial charge in [0.15, 0.2) is 0 Å². The van der Waals surface area contributed by atoms with Crippen LogP contribution < -0.4 is 0 Å². The van der Waals surface area contributed by atoms with E-state index in [1.54, 1.807) is 11.3 Å². The summed E-state index contributed by atoms with van der Waals surface area (Å²) in [4.78, 5) is 4.54. The minimum atomic E-state index is 0.166. The predicted octanol–water partition coefficient (Wildman–Crippen LogP) is 4.90. The molecule has 1 nitrogen and oxygen atoms in total. The second-order valence-electron chi connectivity index (χ2n) is 4.31. The maximum Gasteiger partial charge on any atom is 0.148 e. The summed E-state index contributed by atoms with van der Waals surface area (Å²) in [6, 6.07) is 16.7. The lowest BCUT2D eigenvalue weighted by Gasteiger charge is -2.13. The Morgan fingerprint density at radius 1 is 1.11 bits per heavy atom. The molecule has 3 aromatic rings. The first kappa shape index (κ1) is 12.5. The molecule has 0 aliphatic carbocycles. The fourth-order valence-electron chi connectivity index (χ4n) is 2.31. The normalized spacial score (nSPS) is 12.5. The van der Waals surface area contributed by atoms with E-state index in [0.29, 0.717) is 0 Å². The molecule has 0 N–H and O–H groups in total. The van der Waals surface area contributed by atoms with Gasteiger partial charge in [0.25, 0.3) is 0 Å². The average Bonchev–Trinajstić information content (AvgIpc) is 2.82. The summed E-state index contributed by atoms with van der Waals surface area (Å²) >= 11 is 5.96. The van der Waals surface area contributed by atoms with Gasteiger partial charge >= 0.3 is 0 Å². The van der Waals surface area contributed by atoms with Crippen LogP contribution in [0.3, 0.4) is 0 Å². The van der Waals surface area contributed by atoms with E-state index in [4.69, 9.17) is 0 Å². The van der Waals surface area contributed by atoms with Gasteiger partial charge < -0.3 is 0 Å². The zero-order valence-electron chi connectivity index (χ0n) is 10.3. The van der Waals surface area contributed by atoms with Crippen molar-refractivity contribution >= 4 is 34.2 Å². The standard InChI is InChI=1S/C16H13NS2/c1-2-12(11-7-4-3-5-8-11)13-9-6-10-14-15(13)17-16(18)19-14/h2-10,12H,1H2,(H,17,18). The molecule has 0 amide bonds. The van der Waals surface area contributed by atoms with Crippen molar-refractivity contribution in [1.29, 1.82) is 0 Å². The molecule has 0 radical (unpaired) electrons. The summed E-state index contributed by atoms with van der Waals surface area (Å²) < 4.78 is 1.98. The fourth-order valence-corrected chi connectivity index (χ4v) is 3.45. The Morgan fingerprint density at radius 2 is 1.89 bits per heavy atom. The third-order valence-corrected chi connectivity index (χ3v) is 4.37. The number of nitrogens with zero attached hydrogens (tertiary/aromatic N) is 1. The maximum absolute atomic E-state index is 4.54. The van der Waals surface area contributed by atoms with Crippen LogP contribution in [-0.2, 0) is 0 Å². The van der Waals surface area contributed by atoms with Crippen LogP contribution in [0.15, 0.2) is 65.5 Å². The Morgan fingerprint density at radius 3 is 2.63 bits per heavy atom. The number of allylic oxidation sites excluding steroid dienone is 1. The number of rotatable bonds is 3. The van der Waals surface area contributed by atoms with Crippen molar-refractivity contribution in [2.75, 3.05) is 0 Å². The van der Waals surface area contributed by atoms with E-state index in [-0.39, 0.29) is 5.92 Å². The number of thiazole rings is 1. The van der Waals surface area contributed by atoms with Crippen molar-refractivity contribution in [3.05, 3.63) is 72.3 Å². The molecule has 94 valence electrons. The van der Waals surface area contributed by atoms with Gasteiger partial charge in [-0.25, -0.2) is 4.98 Å². The highest BCUT2D eigenvalue weighted by Gasteiger charge is 2.15. The van der Waals surface area contributed by atoms with Crippen molar-refractivity contribution in [2.45, 2.75) is 10.3 Å². The lowest BCUT2D eigenvalue weighted by molar-refractivity contribution is 1.03. The van der Waals surface area contributed by atoms with Crippen LogP contribution in [0, 0.1) is 0 Å². The first-order valence-corrected chi connectivity index (χ1v) is 7.32. The van der Waals surface area contributed by atoms with E-state index in [9.17, 15) is 0 Å². The molecule has 3 rings (SSSR count). The Balaban J connectivity index is 2.19. The number of fused-ring (bicyclic) bond motifs is 1. The SMILES string of the molecule is C=CC(c1ccccc1)c1cccc2sc(S)nc12. The summed E-state index contributed by atoms with van der Waals surface area (Å²) in [7, 11) is 0. The maximum atomic E-state index is 4.54. The van der Waals surface area contributed by atoms with Gasteiger partial charge in [-0.05, 0) is 17.2 Å². The summed E-state index contributed by atoms with van der Waals surface area (Å²) in [5.41, 5.74) is 3.46. The monoisotopic (exact) mass is 283 g/mol. The van der Waals surface area contributed by atoms with Gasteiger partial charge in [-0.1, -0.05) is 48.5 Å². The summed E-state index contributed by atoms with van der Waals surface area (Å²) in [6.07, 6.45) is 1.97. The number of hydrogen-bond acceptors (Lipinski definition) is 3. The molecule has 1 heterocycles. The molecule has 19 heavy (non-hydrogen) atoms. The molecular weight excluding hydrogens is 270 g/mol. The molecule has 0 aliphatic heterocycles. The van der Waals surface area contributed by atoms with Crippen LogP contribution in [0.1, 0.15) is 17.0 Å². The topological polar surface area (TPSA) is 12.9 Å². The quantitative estimate of drug-likeness (QED) is 0.532. The van der Waals surface area contributed by atoms with Gasteiger partial charge in [0.1, 0.15) is 4.34 Å². The first-order valence-electron chi connectivity index (χ1n) is 6.05. The largest absolute Gasteiger partial charge is 0.230 e. The van der Waals surface area contributed by atoms with Gasteiger partial charge in [0.2, 0.25) is 0 Å². The third kappa shape index (κ3) is 2.31. The molecule has 0 aliphatic rings. The molecule has 0 saturated heterocycles. The van der Waals surface area contributed by atoms with Crippen LogP contribution in [0.25, 0.3) is 10.2 Å². The van der Waals surface area contributed by atoms with Gasteiger partial charge in [0.05, 0.1) is 10.2 Å². The van der Waals surface area contributed by atoms with Crippen LogP contribution in [0.2, 0.25) is 0 Å². The summed E-state index contributed by atoms with van der Waals surface area (Å²) in [6.45, 7) is 3.98. The zero-order chi connectivity index (χ0) is 13.2. The van der Waals surface area contributed by atoms with E-state index >= 15 is 0 Å². The highest BCUT2D eigenvalue weighted by molar-refractivity contribution is 7.82. The van der Waals surface area contributed by atoms with E-state index in [2.05, 4.69) is 66.7 Å². The number of aromatic nitrogens is 1. The lowest BCUT2D eigenvalue weighted by atomic mass is 9.91. The smallest absolute Gasteiger partial charge is 0.148 e. The molecule has 3 heteroatoms. The molecular formula is C16H13NS2. The van der Waals surface area contributed by atoms with E-state index < -0.39 is 0 Å². The Bertz CT molecular complexity index is 716. The highest BCUT2D eigenvalue weighted by Crippen LogP contribution is 2.34. The van der Waals surface area contributed by atoms with E-state index in [1.807, 2.05) is 12.1 Å². The zero-order valence-corrected chi connectivity index (χ0v) is 12.0. The second kappa shape index (κ2) is 5.19. The molecule has 0 fully saturated rings. The fraction of sp³-hybridized carbons (Fsp3) is 0.0625. The molecule has 2 aromatic carbocycles. The Kier molecular flexibility index (Phi) is 3.40. The van der Waals surface area contributed by atoms with Crippen molar-refractivity contribution in [1.82, 2.24) is 4.98 Å². The lowest BCUT2D eigenvalue weighted by Crippen LogP contribution is -1.98. The average molecular weight is 283 g/mol. The number of hydrogen-bond donors (Lipinski definition) is 1. The van der Waals surface area contributed by atoms with E-state index in [1.165, 1.54) is 15.8 Å². The minimum absolute atomic E-state index is 0.166. The van der Waals surface area contributed by atoms with Gasteiger partial charge in [-0.15, -0.1) is 30.5 Å². The number of benzene rings is 2. The molecule has 1 atom stereocenters. The van der Waals surface area contributed by atoms with Crippen molar-refractivity contribution in [2.24, 2.45) is 0 Å². The van der Waals surface area contributed by atoms with Crippen molar-refractivity contribution < 1.29 is 0 Å². The molecule has 0 saturated carbocycles. The number of thiol groups is 1. The van der Waals surface area contributed by atoms with Crippen molar-refractivity contribution in [3.8, 4) is 0 Å². The molecule has 0 bridgehead atoms. The van der Waals surface area contributed by atoms with Crippen LogP contribution >= 0.6 is 24.0 Å². The number of para-hydroxylation sites is 1. The molecule has 1 unspecified atom stereocenters. The Labute approximate surface area is 122 Å². The van der Waals surface area contributed by atoms with Crippen LogP contribution in [-0.4, -0.2) is 4.98 Å². The van der Waals surface area contributed by atoms with Crippen LogP contribution in [0.4, 0.5) is 0 Å². The third-order valence-electron chi connectivity index (χ3n) is 3.17.